The van der Waals surface area contributed by atoms with Crippen LogP contribution in [0.3, 0.4) is 0 Å². The summed E-state index contributed by atoms with van der Waals surface area (Å²) < 4.78 is 29.2. The van der Waals surface area contributed by atoms with Crippen LogP contribution in [-0.4, -0.2) is 43.3 Å². The summed E-state index contributed by atoms with van der Waals surface area (Å²) >= 11 is 12.4. The van der Waals surface area contributed by atoms with E-state index in [2.05, 4.69) is 5.32 Å². The predicted molar refractivity (Wildman–Crippen MR) is 171 cm³/mol. The van der Waals surface area contributed by atoms with E-state index in [1.165, 1.54) is 17.0 Å². The Morgan fingerprint density at radius 3 is 2.07 bits per heavy atom. The summed E-state index contributed by atoms with van der Waals surface area (Å²) in [5, 5.41) is 3.63. The number of aryl methyl sites for hydroxylation is 3. The molecule has 0 aliphatic heterocycles. The third-order valence-electron chi connectivity index (χ3n) is 6.89. The second kappa shape index (κ2) is 13.5. The fourth-order valence-corrected chi connectivity index (χ4v) is 6.18. The molecule has 0 unspecified atom stereocenters. The number of rotatable bonds is 10. The van der Waals surface area contributed by atoms with Crippen molar-refractivity contribution in [3.63, 3.8) is 0 Å². The number of anilines is 1. The van der Waals surface area contributed by atoms with Crippen molar-refractivity contribution in [2.24, 2.45) is 0 Å². The molecule has 3 aromatic carbocycles. The van der Waals surface area contributed by atoms with Gasteiger partial charge in [0.25, 0.3) is 10.0 Å². The molecule has 1 atom stereocenters. The van der Waals surface area contributed by atoms with Crippen molar-refractivity contribution >= 4 is 50.7 Å². The molecule has 1 N–H and O–H groups in total. The molecule has 226 valence electrons. The maximum absolute atomic E-state index is 14.2. The van der Waals surface area contributed by atoms with Crippen molar-refractivity contribution in [3.8, 4) is 0 Å². The lowest BCUT2D eigenvalue weighted by molar-refractivity contribution is -0.141. The van der Waals surface area contributed by atoms with Crippen LogP contribution in [0.5, 0.6) is 0 Å². The molecule has 0 saturated carbocycles. The zero-order chi connectivity index (χ0) is 31.4. The molecule has 3 aromatic rings. The van der Waals surface area contributed by atoms with Gasteiger partial charge in [-0.3, -0.25) is 13.9 Å². The standard InChI is InChI=1S/C32H39Cl2N3O4S/c1-8-29(31(39)35-32(5,6)7)36(19-24-12-16-27(33)28(34)18-24)30(38)20-37(25-13-11-22(3)23(4)17-25)42(40,41)26-14-9-21(2)10-15-26/h9-18,29H,8,19-20H2,1-7H3,(H,35,39)/t29-/m1/s1. The van der Waals surface area contributed by atoms with Gasteiger partial charge in [-0.15, -0.1) is 0 Å². The van der Waals surface area contributed by atoms with Gasteiger partial charge < -0.3 is 10.2 Å². The summed E-state index contributed by atoms with van der Waals surface area (Å²) in [5.41, 5.74) is 3.25. The SMILES string of the molecule is CC[C@H](C(=O)NC(C)(C)C)N(Cc1ccc(Cl)c(Cl)c1)C(=O)CN(c1ccc(C)c(C)c1)S(=O)(=O)c1ccc(C)cc1. The Hall–Kier alpha value is -3.07. The molecule has 0 saturated heterocycles. The first-order valence-corrected chi connectivity index (χ1v) is 15.9. The van der Waals surface area contributed by atoms with Gasteiger partial charge in [-0.1, -0.05) is 60.0 Å². The molecule has 0 aliphatic rings. The van der Waals surface area contributed by atoms with E-state index in [0.29, 0.717) is 27.7 Å². The average Bonchev–Trinajstić information content (AvgIpc) is 2.90. The zero-order valence-electron chi connectivity index (χ0n) is 25.2. The third kappa shape index (κ3) is 8.27. The fraction of sp³-hybridized carbons (Fsp3) is 0.375. The number of nitrogens with one attached hydrogen (secondary N) is 1. The highest BCUT2D eigenvalue weighted by atomic mass is 35.5. The normalized spacial score (nSPS) is 12.5. The van der Waals surface area contributed by atoms with E-state index in [-0.39, 0.29) is 17.3 Å². The smallest absolute Gasteiger partial charge is 0.264 e. The molecule has 42 heavy (non-hydrogen) atoms. The highest BCUT2D eigenvalue weighted by Gasteiger charge is 2.34. The van der Waals surface area contributed by atoms with E-state index in [0.717, 1.165) is 21.0 Å². The molecule has 0 aromatic heterocycles. The highest BCUT2D eigenvalue weighted by molar-refractivity contribution is 7.92. The lowest BCUT2D eigenvalue weighted by Gasteiger charge is -2.35. The molecular weight excluding hydrogens is 593 g/mol. The number of benzene rings is 3. The van der Waals surface area contributed by atoms with Crippen LogP contribution < -0.4 is 9.62 Å². The summed E-state index contributed by atoms with van der Waals surface area (Å²) in [6, 6.07) is 15.9. The van der Waals surface area contributed by atoms with Crippen LogP contribution in [0.1, 0.15) is 56.4 Å². The lowest BCUT2D eigenvalue weighted by Crippen LogP contribution is -2.55. The molecule has 0 bridgehead atoms. The van der Waals surface area contributed by atoms with Crippen molar-refractivity contribution < 1.29 is 18.0 Å². The first-order chi connectivity index (χ1) is 19.5. The van der Waals surface area contributed by atoms with Gasteiger partial charge in [0.05, 0.1) is 20.6 Å². The summed E-state index contributed by atoms with van der Waals surface area (Å²) in [4.78, 5) is 29.1. The minimum atomic E-state index is -4.15. The van der Waals surface area contributed by atoms with E-state index in [4.69, 9.17) is 23.2 Å². The number of hydrogen-bond acceptors (Lipinski definition) is 4. The Kier molecular flexibility index (Phi) is 10.7. The zero-order valence-corrected chi connectivity index (χ0v) is 27.5. The molecule has 0 radical (unpaired) electrons. The predicted octanol–water partition coefficient (Wildman–Crippen LogP) is 6.84. The van der Waals surface area contributed by atoms with Gasteiger partial charge in [-0.2, -0.15) is 0 Å². The van der Waals surface area contributed by atoms with Crippen LogP contribution in [0.2, 0.25) is 10.0 Å². The quantitative estimate of drug-likeness (QED) is 0.265. The number of nitrogens with zero attached hydrogens (tertiary/aromatic N) is 2. The molecule has 0 spiro atoms. The maximum Gasteiger partial charge on any atom is 0.264 e. The van der Waals surface area contributed by atoms with Crippen LogP contribution in [0, 0.1) is 20.8 Å². The van der Waals surface area contributed by atoms with E-state index in [1.807, 2.05) is 54.5 Å². The van der Waals surface area contributed by atoms with Crippen LogP contribution >= 0.6 is 23.2 Å². The van der Waals surface area contributed by atoms with Gasteiger partial charge in [-0.05, 0) is 101 Å². The molecule has 3 rings (SSSR count). The van der Waals surface area contributed by atoms with Crippen LogP contribution in [-0.2, 0) is 26.2 Å². The molecule has 7 nitrogen and oxygen atoms in total. The Labute approximate surface area is 259 Å². The molecule has 2 amide bonds. The molecular formula is C32H39Cl2N3O4S. The Bertz CT molecular complexity index is 1550. The largest absolute Gasteiger partial charge is 0.350 e. The van der Waals surface area contributed by atoms with E-state index >= 15 is 0 Å². The minimum Gasteiger partial charge on any atom is -0.350 e. The average molecular weight is 633 g/mol. The first-order valence-electron chi connectivity index (χ1n) is 13.8. The van der Waals surface area contributed by atoms with Gasteiger partial charge in [0.2, 0.25) is 11.8 Å². The van der Waals surface area contributed by atoms with E-state index < -0.39 is 34.1 Å². The third-order valence-corrected chi connectivity index (χ3v) is 9.41. The summed E-state index contributed by atoms with van der Waals surface area (Å²) in [5.74, 6) is -0.872. The van der Waals surface area contributed by atoms with Crippen molar-refractivity contribution in [1.29, 1.82) is 0 Å². The van der Waals surface area contributed by atoms with Crippen molar-refractivity contribution in [1.82, 2.24) is 10.2 Å². The number of halogens is 2. The summed E-state index contributed by atoms with van der Waals surface area (Å²) in [6.07, 6.45) is 0.309. The first kappa shape index (κ1) is 33.4. The number of sulfonamides is 1. The van der Waals surface area contributed by atoms with Crippen LogP contribution in [0.4, 0.5) is 5.69 Å². The van der Waals surface area contributed by atoms with Gasteiger partial charge in [0, 0.05) is 12.1 Å². The van der Waals surface area contributed by atoms with Crippen molar-refractivity contribution in [2.75, 3.05) is 10.8 Å². The van der Waals surface area contributed by atoms with Gasteiger partial charge in [0.1, 0.15) is 12.6 Å². The van der Waals surface area contributed by atoms with E-state index in [1.54, 1.807) is 42.5 Å². The molecule has 0 aliphatic carbocycles. The Morgan fingerprint density at radius 1 is 0.881 bits per heavy atom. The number of hydrogen-bond donors (Lipinski definition) is 1. The van der Waals surface area contributed by atoms with E-state index in [9.17, 15) is 18.0 Å². The minimum absolute atomic E-state index is 0.0249. The summed E-state index contributed by atoms with van der Waals surface area (Å²) in [7, 11) is -4.15. The Morgan fingerprint density at radius 2 is 1.52 bits per heavy atom. The molecule has 0 heterocycles. The summed E-state index contributed by atoms with van der Waals surface area (Å²) in [6.45, 7) is 12.6. The van der Waals surface area contributed by atoms with Gasteiger partial charge in [-0.25, -0.2) is 8.42 Å². The number of carbonyl (C=O) groups excluding carboxylic acids is 2. The number of carbonyl (C=O) groups is 2. The van der Waals surface area contributed by atoms with Crippen molar-refractivity contribution in [2.45, 2.75) is 77.9 Å². The van der Waals surface area contributed by atoms with Gasteiger partial charge in [0.15, 0.2) is 0 Å². The van der Waals surface area contributed by atoms with Crippen LogP contribution in [0.25, 0.3) is 0 Å². The van der Waals surface area contributed by atoms with Crippen molar-refractivity contribution in [3.05, 3.63) is 93.0 Å². The second-order valence-electron chi connectivity index (χ2n) is 11.5. The second-order valence-corrected chi connectivity index (χ2v) is 14.2. The maximum atomic E-state index is 14.2. The highest BCUT2D eigenvalue weighted by Crippen LogP contribution is 2.28. The molecule has 0 fully saturated rings. The lowest BCUT2D eigenvalue weighted by atomic mass is 10.1. The topological polar surface area (TPSA) is 86.8 Å². The number of amides is 2. The van der Waals surface area contributed by atoms with Gasteiger partial charge >= 0.3 is 0 Å². The fourth-order valence-electron chi connectivity index (χ4n) is 4.45. The Balaban J connectivity index is 2.11. The van der Waals surface area contributed by atoms with Crippen LogP contribution in [0.15, 0.2) is 65.6 Å². The molecule has 10 heteroatoms. The monoisotopic (exact) mass is 631 g/mol.